The van der Waals surface area contributed by atoms with Crippen LogP contribution >= 0.6 is 22.6 Å². The van der Waals surface area contributed by atoms with Gasteiger partial charge in [-0.05, 0) is 24.3 Å². The van der Waals surface area contributed by atoms with Crippen molar-refractivity contribution >= 4 is 34.5 Å². The highest BCUT2D eigenvalue weighted by Crippen LogP contribution is 2.51. The zero-order valence-corrected chi connectivity index (χ0v) is 21.3. The van der Waals surface area contributed by atoms with Crippen LogP contribution in [0.1, 0.15) is 26.9 Å². The second-order valence-corrected chi connectivity index (χ2v) is 8.78. The molecule has 2 aromatic carbocycles. The highest BCUT2D eigenvalue weighted by atomic mass is 127. The standard InChI is InChI=1S/C26H20FIN2O7/c1-2-14-25(36-21(33)18-11-7-4-8-12-18)22(35-20(32)17-9-5-3-6-10-17)26(27,16-28)37-23(25)30-15-13-19(31)29-24(30)34/h3-15,22-23H,1,16H2,(H,29,31,34)/t22-,23+,25+,26+/m0/s1. The first-order valence-corrected chi connectivity index (χ1v) is 12.4. The predicted molar refractivity (Wildman–Crippen MR) is 138 cm³/mol. The zero-order chi connectivity index (χ0) is 26.6. The van der Waals surface area contributed by atoms with Crippen LogP contribution in [0.4, 0.5) is 4.39 Å². The molecule has 0 aliphatic carbocycles. The van der Waals surface area contributed by atoms with Gasteiger partial charge in [0.25, 0.3) is 11.4 Å². The Hall–Kier alpha value is -3.80. The SMILES string of the molecule is C=C=C[C@]1(OC(=O)c2ccccc2)[C@H](n2ccc(=O)[nH]c2=O)O[C@](F)(CI)[C@H]1OC(=O)c1ccccc1. The number of aromatic nitrogens is 2. The van der Waals surface area contributed by atoms with Gasteiger partial charge in [-0.25, -0.2) is 18.8 Å². The third kappa shape index (κ3) is 5.06. The molecular formula is C26H20FIN2O7. The van der Waals surface area contributed by atoms with Crippen LogP contribution in [0.15, 0.2) is 101 Å². The van der Waals surface area contributed by atoms with Crippen molar-refractivity contribution in [3.05, 3.63) is 123 Å². The summed E-state index contributed by atoms with van der Waals surface area (Å²) in [6.07, 6.45) is -1.49. The van der Waals surface area contributed by atoms with E-state index in [-0.39, 0.29) is 15.6 Å². The second kappa shape index (κ2) is 10.7. The highest BCUT2D eigenvalue weighted by Gasteiger charge is 2.69. The Kier molecular flexibility index (Phi) is 7.58. The van der Waals surface area contributed by atoms with Crippen molar-refractivity contribution in [2.24, 2.45) is 0 Å². The van der Waals surface area contributed by atoms with E-state index < -0.39 is 47.0 Å². The second-order valence-electron chi connectivity index (χ2n) is 8.02. The van der Waals surface area contributed by atoms with Crippen LogP contribution in [0.25, 0.3) is 0 Å². The smallest absolute Gasteiger partial charge is 0.339 e. The number of H-pyrrole nitrogens is 1. The van der Waals surface area contributed by atoms with E-state index in [2.05, 4.69) is 17.3 Å². The lowest BCUT2D eigenvalue weighted by molar-refractivity contribution is -0.170. The summed E-state index contributed by atoms with van der Waals surface area (Å²) in [6, 6.07) is 16.6. The fourth-order valence-electron chi connectivity index (χ4n) is 3.96. The van der Waals surface area contributed by atoms with E-state index in [9.17, 15) is 19.2 Å². The number of esters is 2. The van der Waals surface area contributed by atoms with E-state index in [4.69, 9.17) is 14.2 Å². The fraction of sp³-hybridized carbons (Fsp3) is 0.192. The Labute approximate surface area is 223 Å². The molecule has 0 saturated carbocycles. The molecule has 0 bridgehead atoms. The summed E-state index contributed by atoms with van der Waals surface area (Å²) in [4.78, 5) is 52.8. The van der Waals surface area contributed by atoms with Gasteiger partial charge in [-0.2, -0.15) is 0 Å². The molecule has 1 aromatic heterocycles. The van der Waals surface area contributed by atoms with E-state index >= 15 is 4.39 Å². The topological polar surface area (TPSA) is 117 Å². The minimum Gasteiger partial charge on any atom is -0.448 e. The normalized spacial score (nSPS) is 24.6. The molecule has 1 fully saturated rings. The zero-order valence-electron chi connectivity index (χ0n) is 19.1. The number of benzene rings is 2. The fourth-order valence-corrected chi connectivity index (χ4v) is 4.54. The minimum atomic E-state index is -2.74. The molecule has 1 saturated heterocycles. The van der Waals surface area contributed by atoms with E-state index in [0.717, 1.165) is 22.9 Å². The number of aromatic amines is 1. The Morgan fingerprint density at radius 2 is 1.68 bits per heavy atom. The monoisotopic (exact) mass is 618 g/mol. The molecule has 9 nitrogen and oxygen atoms in total. The largest absolute Gasteiger partial charge is 0.448 e. The van der Waals surface area contributed by atoms with Gasteiger partial charge in [0.1, 0.15) is 0 Å². The highest BCUT2D eigenvalue weighted by molar-refractivity contribution is 14.1. The van der Waals surface area contributed by atoms with Gasteiger partial charge in [-0.1, -0.05) is 65.6 Å². The lowest BCUT2D eigenvalue weighted by atomic mass is 9.92. The third-order valence-electron chi connectivity index (χ3n) is 5.62. The van der Waals surface area contributed by atoms with Gasteiger partial charge in [-0.3, -0.25) is 14.3 Å². The van der Waals surface area contributed by atoms with E-state index in [0.29, 0.717) is 0 Å². The lowest BCUT2D eigenvalue weighted by Gasteiger charge is -2.35. The molecule has 0 spiro atoms. The molecule has 2 heterocycles. The molecule has 0 amide bonds. The molecule has 0 unspecified atom stereocenters. The van der Waals surface area contributed by atoms with Gasteiger partial charge in [0.05, 0.1) is 15.6 Å². The number of nitrogens with one attached hydrogen (secondary N) is 1. The Morgan fingerprint density at radius 1 is 1.08 bits per heavy atom. The van der Waals surface area contributed by atoms with Crippen molar-refractivity contribution in [1.82, 2.24) is 9.55 Å². The summed E-state index contributed by atoms with van der Waals surface area (Å²) < 4.78 is 34.0. The summed E-state index contributed by atoms with van der Waals surface area (Å²) in [5, 5.41) is 0. The quantitative estimate of drug-likeness (QED) is 0.187. The molecule has 37 heavy (non-hydrogen) atoms. The van der Waals surface area contributed by atoms with Crippen LogP contribution in [0.2, 0.25) is 0 Å². The Balaban J connectivity index is 1.91. The summed E-state index contributed by atoms with van der Waals surface area (Å²) in [6.45, 7) is 3.52. The van der Waals surface area contributed by atoms with Crippen LogP contribution in [0.5, 0.6) is 0 Å². The molecule has 11 heteroatoms. The van der Waals surface area contributed by atoms with Gasteiger partial charge in [0.2, 0.25) is 11.7 Å². The molecule has 3 aromatic rings. The van der Waals surface area contributed by atoms with Crippen LogP contribution in [0.3, 0.4) is 0 Å². The van der Waals surface area contributed by atoms with Crippen molar-refractivity contribution in [2.45, 2.75) is 23.8 Å². The molecule has 1 aliphatic rings. The van der Waals surface area contributed by atoms with Gasteiger partial charge < -0.3 is 14.2 Å². The van der Waals surface area contributed by atoms with E-state index in [1.165, 1.54) is 24.3 Å². The van der Waals surface area contributed by atoms with Gasteiger partial charge in [0, 0.05) is 18.3 Å². The number of rotatable bonds is 7. The van der Waals surface area contributed by atoms with Crippen LogP contribution in [0, 0.1) is 0 Å². The van der Waals surface area contributed by atoms with Crippen LogP contribution in [-0.2, 0) is 14.2 Å². The summed E-state index contributed by atoms with van der Waals surface area (Å²) in [5.41, 5.74) is -1.27. The average molecular weight is 618 g/mol. The Morgan fingerprint density at radius 3 is 2.22 bits per heavy atom. The first-order chi connectivity index (χ1) is 17.7. The molecular weight excluding hydrogens is 598 g/mol. The van der Waals surface area contributed by atoms with Crippen LogP contribution < -0.4 is 11.2 Å². The van der Waals surface area contributed by atoms with Crippen molar-refractivity contribution in [3.8, 4) is 0 Å². The van der Waals surface area contributed by atoms with Crippen molar-refractivity contribution in [1.29, 1.82) is 0 Å². The van der Waals surface area contributed by atoms with E-state index in [1.54, 1.807) is 59.0 Å². The number of hydrogen-bond acceptors (Lipinski definition) is 7. The summed E-state index contributed by atoms with van der Waals surface area (Å²) in [7, 11) is 0. The van der Waals surface area contributed by atoms with Crippen molar-refractivity contribution in [3.63, 3.8) is 0 Å². The molecule has 4 atom stereocenters. The maximum Gasteiger partial charge on any atom is 0.339 e. The number of carbonyl (C=O) groups excluding carboxylic acids is 2. The molecule has 4 rings (SSSR count). The van der Waals surface area contributed by atoms with Gasteiger partial charge >= 0.3 is 17.6 Å². The molecule has 1 N–H and O–H groups in total. The molecule has 1 aliphatic heterocycles. The third-order valence-corrected chi connectivity index (χ3v) is 6.66. The minimum absolute atomic E-state index is 0.103. The van der Waals surface area contributed by atoms with Crippen LogP contribution in [-0.4, -0.2) is 43.5 Å². The number of ether oxygens (including phenoxy) is 3. The summed E-state index contributed by atoms with van der Waals surface area (Å²) >= 11 is 1.69. The number of nitrogens with zero attached hydrogens (tertiary/aromatic N) is 1. The number of hydrogen-bond donors (Lipinski definition) is 1. The van der Waals surface area contributed by atoms with Crippen molar-refractivity contribution in [2.75, 3.05) is 4.43 Å². The number of halogens is 2. The van der Waals surface area contributed by atoms with Crippen molar-refractivity contribution < 1.29 is 28.2 Å². The maximum absolute atomic E-state index is 16.4. The predicted octanol–water partition coefficient (Wildman–Crippen LogP) is 3.33. The van der Waals surface area contributed by atoms with Gasteiger partial charge in [-0.15, -0.1) is 5.73 Å². The molecule has 190 valence electrons. The summed E-state index contributed by atoms with van der Waals surface area (Å²) in [5.74, 6) is -4.58. The Bertz CT molecular complexity index is 1470. The number of carbonyl (C=O) groups is 2. The van der Waals surface area contributed by atoms with E-state index in [1.807, 2.05) is 0 Å². The molecule has 0 radical (unpaired) electrons. The average Bonchev–Trinajstić information content (AvgIpc) is 3.13. The number of alkyl halides is 2. The maximum atomic E-state index is 16.4. The first kappa shape index (κ1) is 26.3. The van der Waals surface area contributed by atoms with Gasteiger partial charge in [0.15, 0.2) is 6.23 Å². The first-order valence-electron chi connectivity index (χ1n) is 10.9. The lowest BCUT2D eigenvalue weighted by Crippen LogP contribution is -2.54.